The Morgan fingerprint density at radius 1 is 0.814 bits per heavy atom. The molecule has 2 amide bonds. The van der Waals surface area contributed by atoms with Crippen molar-refractivity contribution in [1.29, 1.82) is 0 Å². The molecule has 0 aliphatic carbocycles. The predicted molar refractivity (Wildman–Crippen MR) is 155 cm³/mol. The third kappa shape index (κ3) is 8.67. The van der Waals surface area contributed by atoms with Crippen LogP contribution in [0.25, 0.3) is 0 Å². The second-order valence-electron chi connectivity index (χ2n) is 8.53. The molecule has 0 spiro atoms. The standard InChI is InChI=1S/C27H34Cl2NO12P/c1-5-40-43(33,41-6-2)27(42-30-25(31)18-9-7-8-10-19(18)26(30)32)20-15-21(28)23(38-16-36-13-11-34-3)24(22(20)29)39-17-37-14-12-35-4/h7-10,15,27H,5-6,11-14,16-17H2,1-4H3. The average molecular weight is 666 g/mol. The Hall–Kier alpha value is -2.29. The van der Waals surface area contributed by atoms with Crippen molar-refractivity contribution in [3.63, 3.8) is 0 Å². The van der Waals surface area contributed by atoms with Crippen LogP contribution in [-0.4, -0.2) is 84.3 Å². The van der Waals surface area contributed by atoms with Gasteiger partial charge in [0, 0.05) is 19.8 Å². The first-order valence-corrected chi connectivity index (χ1v) is 15.5. The summed E-state index contributed by atoms with van der Waals surface area (Å²) in [5, 5.41) is 0.247. The van der Waals surface area contributed by atoms with Crippen molar-refractivity contribution in [2.45, 2.75) is 19.7 Å². The van der Waals surface area contributed by atoms with E-state index in [4.69, 9.17) is 65.5 Å². The zero-order chi connectivity index (χ0) is 31.4. The van der Waals surface area contributed by atoms with Crippen molar-refractivity contribution < 1.29 is 56.5 Å². The van der Waals surface area contributed by atoms with Crippen molar-refractivity contribution in [1.82, 2.24) is 5.06 Å². The fraction of sp³-hybridized carbons (Fsp3) is 0.481. The summed E-state index contributed by atoms with van der Waals surface area (Å²) in [6, 6.07) is 7.43. The Bertz CT molecular complexity index is 1250. The van der Waals surface area contributed by atoms with E-state index in [1.165, 1.54) is 32.4 Å². The van der Waals surface area contributed by atoms with Gasteiger partial charge < -0.3 is 37.5 Å². The number of ether oxygens (including phenoxy) is 6. The first-order valence-electron chi connectivity index (χ1n) is 13.2. The molecule has 0 aromatic heterocycles. The SMILES string of the molecule is CCOP(=O)(OCC)C(ON1C(=O)c2ccccc2C1=O)c1cc(Cl)c(OCOCCOC)c(OCOCCOC)c1Cl. The van der Waals surface area contributed by atoms with Gasteiger partial charge in [-0.25, -0.2) is 4.84 Å². The van der Waals surface area contributed by atoms with Gasteiger partial charge in [-0.05, 0) is 32.0 Å². The Morgan fingerprint density at radius 3 is 1.81 bits per heavy atom. The van der Waals surface area contributed by atoms with Crippen molar-refractivity contribution in [2.24, 2.45) is 0 Å². The molecule has 0 saturated heterocycles. The molecule has 0 bridgehead atoms. The van der Waals surface area contributed by atoms with Crippen molar-refractivity contribution >= 4 is 42.6 Å². The maximum absolute atomic E-state index is 14.2. The normalized spacial score (nSPS) is 13.9. The van der Waals surface area contributed by atoms with Gasteiger partial charge in [0.2, 0.25) is 5.85 Å². The lowest BCUT2D eigenvalue weighted by Gasteiger charge is -2.30. The molecular weight excluding hydrogens is 632 g/mol. The highest BCUT2D eigenvalue weighted by Gasteiger charge is 2.47. The first kappa shape index (κ1) is 35.2. The monoisotopic (exact) mass is 665 g/mol. The van der Waals surface area contributed by atoms with Crippen LogP contribution in [0.5, 0.6) is 11.5 Å². The second kappa shape index (κ2) is 17.3. The minimum Gasteiger partial charge on any atom is -0.462 e. The predicted octanol–water partition coefficient (Wildman–Crippen LogP) is 5.48. The molecule has 238 valence electrons. The van der Waals surface area contributed by atoms with E-state index >= 15 is 0 Å². The lowest BCUT2D eigenvalue weighted by atomic mass is 10.1. The van der Waals surface area contributed by atoms with E-state index in [0.29, 0.717) is 18.3 Å². The molecule has 2 aromatic rings. The summed E-state index contributed by atoms with van der Waals surface area (Å²) in [7, 11) is -1.26. The number of rotatable bonds is 20. The van der Waals surface area contributed by atoms with Crippen LogP contribution in [0.2, 0.25) is 10.0 Å². The van der Waals surface area contributed by atoms with Crippen molar-refractivity contribution in [3.8, 4) is 11.5 Å². The van der Waals surface area contributed by atoms with E-state index in [-0.39, 0.29) is 78.2 Å². The van der Waals surface area contributed by atoms with E-state index in [0.717, 1.165) is 0 Å². The second-order valence-corrected chi connectivity index (χ2v) is 11.4. The van der Waals surface area contributed by atoms with Gasteiger partial charge in [0.25, 0.3) is 11.8 Å². The number of amides is 2. The lowest BCUT2D eigenvalue weighted by Crippen LogP contribution is -2.32. The van der Waals surface area contributed by atoms with Crippen LogP contribution < -0.4 is 9.47 Å². The largest absolute Gasteiger partial charge is 0.462 e. The third-order valence-corrected chi connectivity index (χ3v) is 8.58. The number of imide groups is 1. The topological polar surface area (TPSA) is 138 Å². The molecule has 0 fully saturated rings. The summed E-state index contributed by atoms with van der Waals surface area (Å²) in [4.78, 5) is 32.2. The van der Waals surface area contributed by atoms with Crippen LogP contribution in [0, 0.1) is 0 Å². The molecule has 0 saturated carbocycles. The fourth-order valence-corrected chi connectivity index (χ4v) is 6.28. The van der Waals surface area contributed by atoms with Crippen LogP contribution in [0.4, 0.5) is 0 Å². The molecule has 2 aromatic carbocycles. The summed E-state index contributed by atoms with van der Waals surface area (Å²) in [5.74, 6) is -3.44. The quantitative estimate of drug-likeness (QED) is 0.0765. The molecule has 1 heterocycles. The van der Waals surface area contributed by atoms with Gasteiger partial charge in [-0.1, -0.05) is 35.3 Å². The van der Waals surface area contributed by atoms with E-state index < -0.39 is 25.3 Å². The number of hydrogen-bond donors (Lipinski definition) is 0. The average Bonchev–Trinajstić information content (AvgIpc) is 3.23. The molecule has 1 unspecified atom stereocenters. The van der Waals surface area contributed by atoms with Gasteiger partial charge in [0.1, 0.15) is 0 Å². The number of nitrogens with zero attached hydrogens (tertiary/aromatic N) is 1. The number of hydrogen-bond acceptors (Lipinski definition) is 12. The molecule has 0 N–H and O–H groups in total. The van der Waals surface area contributed by atoms with Gasteiger partial charge in [-0.15, -0.1) is 5.06 Å². The summed E-state index contributed by atoms with van der Waals surface area (Å²) < 4.78 is 57.5. The van der Waals surface area contributed by atoms with Gasteiger partial charge >= 0.3 is 7.60 Å². The lowest BCUT2D eigenvalue weighted by molar-refractivity contribution is -0.115. The number of methoxy groups -OCH3 is 2. The Kier molecular flexibility index (Phi) is 14.1. The molecule has 1 aliphatic rings. The van der Waals surface area contributed by atoms with Crippen molar-refractivity contribution in [2.75, 3.05) is 67.4 Å². The maximum Gasteiger partial charge on any atom is 0.366 e. The van der Waals surface area contributed by atoms with E-state index in [1.54, 1.807) is 26.0 Å². The van der Waals surface area contributed by atoms with Gasteiger partial charge in [0.05, 0.1) is 60.8 Å². The van der Waals surface area contributed by atoms with Crippen LogP contribution in [0.3, 0.4) is 0 Å². The number of benzene rings is 2. The van der Waals surface area contributed by atoms with Gasteiger partial charge in [-0.2, -0.15) is 0 Å². The number of carbonyl (C=O) groups is 2. The Labute approximate surface area is 259 Å². The molecule has 1 aliphatic heterocycles. The zero-order valence-corrected chi connectivity index (χ0v) is 26.6. The van der Waals surface area contributed by atoms with Crippen LogP contribution >= 0.6 is 30.8 Å². The van der Waals surface area contributed by atoms with Crippen LogP contribution in [-0.2, 0) is 37.4 Å². The highest BCUT2D eigenvalue weighted by Crippen LogP contribution is 2.64. The summed E-state index contributed by atoms with van der Waals surface area (Å²) in [5.41, 5.74) is 0.132. The highest BCUT2D eigenvalue weighted by molar-refractivity contribution is 7.54. The minimum atomic E-state index is -4.30. The maximum atomic E-state index is 14.2. The Balaban J connectivity index is 2.07. The van der Waals surface area contributed by atoms with E-state index in [9.17, 15) is 14.2 Å². The first-order chi connectivity index (χ1) is 20.7. The number of carbonyl (C=O) groups excluding carboxylic acids is 2. The molecule has 3 rings (SSSR count). The van der Waals surface area contributed by atoms with Crippen LogP contribution in [0.1, 0.15) is 46.0 Å². The molecular formula is C27H34Cl2NO12P. The fourth-order valence-electron chi connectivity index (χ4n) is 3.83. The van der Waals surface area contributed by atoms with Crippen LogP contribution in [0.15, 0.2) is 30.3 Å². The molecule has 16 heteroatoms. The zero-order valence-electron chi connectivity index (χ0n) is 24.2. The van der Waals surface area contributed by atoms with E-state index in [2.05, 4.69) is 0 Å². The highest BCUT2D eigenvalue weighted by atomic mass is 35.5. The minimum absolute atomic E-state index is 0.0229. The third-order valence-electron chi connectivity index (χ3n) is 5.73. The van der Waals surface area contributed by atoms with E-state index in [1.807, 2.05) is 0 Å². The van der Waals surface area contributed by atoms with Gasteiger partial charge in [0.15, 0.2) is 25.1 Å². The number of hydroxylamine groups is 2. The molecule has 0 radical (unpaired) electrons. The van der Waals surface area contributed by atoms with Crippen molar-refractivity contribution in [3.05, 3.63) is 57.1 Å². The summed E-state index contributed by atoms with van der Waals surface area (Å²) >= 11 is 13.5. The summed E-state index contributed by atoms with van der Waals surface area (Å²) in [6.07, 6.45) is 0. The molecule has 1 atom stereocenters. The molecule has 13 nitrogen and oxygen atoms in total. The number of fused-ring (bicyclic) bond motifs is 1. The number of halogens is 2. The van der Waals surface area contributed by atoms with Gasteiger partial charge in [-0.3, -0.25) is 14.2 Å². The smallest absolute Gasteiger partial charge is 0.366 e. The summed E-state index contributed by atoms with van der Waals surface area (Å²) in [6.45, 7) is 3.56. The molecule has 43 heavy (non-hydrogen) atoms. The Morgan fingerprint density at radius 2 is 1.33 bits per heavy atom.